The Bertz CT molecular complexity index is 337. The summed E-state index contributed by atoms with van der Waals surface area (Å²) in [6.07, 6.45) is 4.56. The van der Waals surface area contributed by atoms with Gasteiger partial charge in [-0.25, -0.2) is 0 Å². The normalized spacial score (nSPS) is 20.9. The predicted octanol–water partition coefficient (Wildman–Crippen LogP) is 2.25. The molecule has 1 aliphatic heterocycles. The van der Waals surface area contributed by atoms with E-state index in [-0.39, 0.29) is 6.04 Å². The molecule has 0 saturated carbocycles. The Hall–Kier alpha value is -1.37. The van der Waals surface area contributed by atoms with Crippen LogP contribution in [0.4, 0.5) is 0 Å². The van der Waals surface area contributed by atoms with Gasteiger partial charge in [-0.2, -0.15) is 10.7 Å². The number of nitrogens with one attached hydrogen (secondary N) is 1. The molecular weight excluding hydrogens is 188 g/mol. The summed E-state index contributed by atoms with van der Waals surface area (Å²) in [4.78, 5) is 5.04. The van der Waals surface area contributed by atoms with Gasteiger partial charge in [0.2, 0.25) is 0 Å². The standard InChI is InChI=1S/C12H16N2O/c1-9(2)6-11(8-13)7-10(3)12-4-5-15-14-12/h6-7,12,14H,3-5H2,1-2H3/b11-7+/t12-/m0/s1. The van der Waals surface area contributed by atoms with Crippen molar-refractivity contribution in [3.63, 3.8) is 0 Å². The molecule has 0 bridgehead atoms. The molecule has 0 unspecified atom stereocenters. The minimum absolute atomic E-state index is 0.138. The van der Waals surface area contributed by atoms with Crippen LogP contribution in [0.1, 0.15) is 20.3 Å². The number of nitrogens with zero attached hydrogens (tertiary/aromatic N) is 1. The highest BCUT2D eigenvalue weighted by atomic mass is 16.7. The van der Waals surface area contributed by atoms with E-state index in [1.165, 1.54) is 0 Å². The fourth-order valence-electron chi connectivity index (χ4n) is 1.37. The predicted molar refractivity (Wildman–Crippen MR) is 59.8 cm³/mol. The maximum atomic E-state index is 8.91. The molecule has 0 aromatic carbocycles. The van der Waals surface area contributed by atoms with Crippen LogP contribution in [0.2, 0.25) is 0 Å². The third-order valence-corrected chi connectivity index (χ3v) is 2.10. The van der Waals surface area contributed by atoms with Gasteiger partial charge in [-0.15, -0.1) is 0 Å². The molecule has 3 nitrogen and oxygen atoms in total. The van der Waals surface area contributed by atoms with Gasteiger partial charge < -0.3 is 4.84 Å². The summed E-state index contributed by atoms with van der Waals surface area (Å²) in [5, 5.41) is 8.91. The van der Waals surface area contributed by atoms with Gasteiger partial charge in [0, 0.05) is 0 Å². The average Bonchev–Trinajstić information content (AvgIpc) is 2.68. The van der Waals surface area contributed by atoms with Crippen molar-refractivity contribution in [1.82, 2.24) is 5.48 Å². The molecule has 1 saturated heterocycles. The molecule has 3 heteroatoms. The molecule has 1 aliphatic rings. The van der Waals surface area contributed by atoms with Crippen LogP contribution in [0.25, 0.3) is 0 Å². The Morgan fingerprint density at radius 3 is 2.73 bits per heavy atom. The van der Waals surface area contributed by atoms with Crippen LogP contribution in [0.3, 0.4) is 0 Å². The summed E-state index contributed by atoms with van der Waals surface area (Å²) < 4.78 is 0. The van der Waals surface area contributed by atoms with Crippen LogP contribution in [0, 0.1) is 11.3 Å². The fraction of sp³-hybridized carbons (Fsp3) is 0.417. The first kappa shape index (κ1) is 11.7. The zero-order valence-corrected chi connectivity index (χ0v) is 9.21. The second kappa shape index (κ2) is 5.50. The topological polar surface area (TPSA) is 45.0 Å². The number of hydrogen-bond donors (Lipinski definition) is 1. The van der Waals surface area contributed by atoms with Crippen molar-refractivity contribution < 1.29 is 4.84 Å². The van der Waals surface area contributed by atoms with Gasteiger partial charge >= 0.3 is 0 Å². The van der Waals surface area contributed by atoms with E-state index in [0.29, 0.717) is 12.2 Å². The molecule has 0 aromatic rings. The van der Waals surface area contributed by atoms with Crippen LogP contribution in [-0.2, 0) is 4.84 Å². The molecular formula is C12H16N2O. The molecule has 1 heterocycles. The highest BCUT2D eigenvalue weighted by Crippen LogP contribution is 2.14. The lowest BCUT2D eigenvalue weighted by Gasteiger charge is -2.07. The number of rotatable bonds is 3. The van der Waals surface area contributed by atoms with E-state index in [1.54, 1.807) is 6.08 Å². The van der Waals surface area contributed by atoms with Crippen LogP contribution < -0.4 is 5.48 Å². The van der Waals surface area contributed by atoms with Crippen molar-refractivity contribution in [2.45, 2.75) is 26.3 Å². The third-order valence-electron chi connectivity index (χ3n) is 2.10. The SMILES string of the molecule is C=C(/C=C(/C#N)C=C(C)C)[C@@H]1CCON1. The maximum Gasteiger partial charge on any atom is 0.0991 e. The van der Waals surface area contributed by atoms with Crippen LogP contribution >= 0.6 is 0 Å². The first-order chi connectivity index (χ1) is 7.13. The first-order valence-corrected chi connectivity index (χ1v) is 4.96. The van der Waals surface area contributed by atoms with Gasteiger partial charge in [0.05, 0.1) is 24.3 Å². The lowest BCUT2D eigenvalue weighted by Crippen LogP contribution is -2.21. The zero-order chi connectivity index (χ0) is 11.3. The molecule has 1 N–H and O–H groups in total. The van der Waals surface area contributed by atoms with Crippen molar-refractivity contribution in [2.24, 2.45) is 0 Å². The summed E-state index contributed by atoms with van der Waals surface area (Å²) in [5.41, 5.74) is 5.49. The Labute approximate surface area is 90.7 Å². The van der Waals surface area contributed by atoms with Gasteiger partial charge in [0.25, 0.3) is 0 Å². The van der Waals surface area contributed by atoms with Gasteiger partial charge in [-0.05, 0) is 38.0 Å². The smallest absolute Gasteiger partial charge is 0.0991 e. The molecule has 1 rings (SSSR count). The van der Waals surface area contributed by atoms with E-state index in [1.807, 2.05) is 19.9 Å². The monoisotopic (exact) mass is 204 g/mol. The van der Waals surface area contributed by atoms with E-state index in [2.05, 4.69) is 18.1 Å². The number of allylic oxidation sites excluding steroid dienone is 3. The third kappa shape index (κ3) is 3.70. The summed E-state index contributed by atoms with van der Waals surface area (Å²) in [5.74, 6) is 0. The Morgan fingerprint density at radius 1 is 1.53 bits per heavy atom. The van der Waals surface area contributed by atoms with Crippen LogP contribution in [0.15, 0.2) is 35.5 Å². The van der Waals surface area contributed by atoms with E-state index >= 15 is 0 Å². The Balaban J connectivity index is 2.71. The highest BCUT2D eigenvalue weighted by Gasteiger charge is 2.16. The molecule has 80 valence electrons. The molecule has 1 atom stereocenters. The second-order valence-corrected chi connectivity index (χ2v) is 3.82. The van der Waals surface area contributed by atoms with Crippen molar-refractivity contribution in [2.75, 3.05) is 6.61 Å². The summed E-state index contributed by atoms with van der Waals surface area (Å²) in [6, 6.07) is 2.28. The van der Waals surface area contributed by atoms with E-state index in [9.17, 15) is 0 Å². The van der Waals surface area contributed by atoms with Gasteiger partial charge in [-0.1, -0.05) is 12.2 Å². The van der Waals surface area contributed by atoms with E-state index in [0.717, 1.165) is 17.6 Å². The number of nitriles is 1. The van der Waals surface area contributed by atoms with Crippen LogP contribution in [0.5, 0.6) is 0 Å². The van der Waals surface area contributed by atoms with Crippen molar-refractivity contribution in [3.8, 4) is 6.07 Å². The molecule has 0 aromatic heterocycles. The largest absolute Gasteiger partial charge is 0.301 e. The lowest BCUT2D eigenvalue weighted by molar-refractivity contribution is 0.0934. The first-order valence-electron chi connectivity index (χ1n) is 4.96. The van der Waals surface area contributed by atoms with Gasteiger partial charge in [0.15, 0.2) is 0 Å². The van der Waals surface area contributed by atoms with Gasteiger partial charge in [0.1, 0.15) is 0 Å². The number of hydrogen-bond acceptors (Lipinski definition) is 3. The highest BCUT2D eigenvalue weighted by molar-refractivity contribution is 5.41. The van der Waals surface area contributed by atoms with Crippen molar-refractivity contribution >= 4 is 0 Å². The van der Waals surface area contributed by atoms with E-state index < -0.39 is 0 Å². The quantitative estimate of drug-likeness (QED) is 0.566. The molecule has 1 fully saturated rings. The minimum atomic E-state index is 0.138. The molecule has 0 spiro atoms. The minimum Gasteiger partial charge on any atom is -0.301 e. The molecule has 0 amide bonds. The van der Waals surface area contributed by atoms with Crippen LogP contribution in [-0.4, -0.2) is 12.6 Å². The molecule has 15 heavy (non-hydrogen) atoms. The number of hydroxylamine groups is 1. The van der Waals surface area contributed by atoms with E-state index in [4.69, 9.17) is 10.1 Å². The summed E-state index contributed by atoms with van der Waals surface area (Å²) in [7, 11) is 0. The fourth-order valence-corrected chi connectivity index (χ4v) is 1.37. The lowest BCUT2D eigenvalue weighted by atomic mass is 10.0. The molecule has 0 aliphatic carbocycles. The summed E-state index contributed by atoms with van der Waals surface area (Å²) >= 11 is 0. The Kier molecular flexibility index (Phi) is 4.29. The average molecular weight is 204 g/mol. The van der Waals surface area contributed by atoms with Crippen molar-refractivity contribution in [3.05, 3.63) is 35.5 Å². The molecule has 0 radical (unpaired) electrons. The van der Waals surface area contributed by atoms with Crippen molar-refractivity contribution in [1.29, 1.82) is 5.26 Å². The maximum absolute atomic E-state index is 8.91. The van der Waals surface area contributed by atoms with Gasteiger partial charge in [-0.3, -0.25) is 0 Å². The second-order valence-electron chi connectivity index (χ2n) is 3.82. The Morgan fingerprint density at radius 2 is 2.27 bits per heavy atom. The zero-order valence-electron chi connectivity index (χ0n) is 9.21. The summed E-state index contributed by atoms with van der Waals surface area (Å²) in [6.45, 7) is 8.56.